The third-order valence-electron chi connectivity index (χ3n) is 2.98. The van der Waals surface area contributed by atoms with E-state index in [-0.39, 0.29) is 25.0 Å². The molecule has 0 unspecified atom stereocenters. The molecule has 1 amide bonds. The number of ether oxygens (including phenoxy) is 2. The minimum absolute atomic E-state index is 0.0627. The van der Waals surface area contributed by atoms with Gasteiger partial charge in [0.05, 0.1) is 13.0 Å². The Morgan fingerprint density at radius 3 is 2.42 bits per heavy atom. The highest BCUT2D eigenvalue weighted by Crippen LogP contribution is 2.24. The molecule has 1 N–H and O–H groups in total. The molecule has 1 rings (SSSR count). The van der Waals surface area contributed by atoms with Crippen LogP contribution in [0.5, 0.6) is 0 Å². The van der Waals surface area contributed by atoms with Gasteiger partial charge in [0, 0.05) is 25.6 Å². The highest BCUT2D eigenvalue weighted by atomic mass is 16.6. The zero-order chi connectivity index (χ0) is 14.6. The van der Waals surface area contributed by atoms with Gasteiger partial charge in [-0.05, 0) is 27.2 Å². The van der Waals surface area contributed by atoms with Crippen LogP contribution >= 0.6 is 0 Å². The predicted molar refractivity (Wildman–Crippen MR) is 68.5 cm³/mol. The van der Waals surface area contributed by atoms with Crippen molar-refractivity contribution in [1.29, 1.82) is 0 Å². The average Bonchev–Trinajstić information content (AvgIpc) is 2.35. The van der Waals surface area contributed by atoms with E-state index in [0.29, 0.717) is 13.0 Å². The van der Waals surface area contributed by atoms with E-state index in [1.165, 1.54) is 12.0 Å². The fourth-order valence-electron chi connectivity index (χ4n) is 2.15. The van der Waals surface area contributed by atoms with Crippen molar-refractivity contribution < 1.29 is 24.2 Å². The highest BCUT2D eigenvalue weighted by molar-refractivity contribution is 5.75. The molecule has 19 heavy (non-hydrogen) atoms. The molecule has 0 aromatic heterocycles. The summed E-state index contributed by atoms with van der Waals surface area (Å²) in [5.74, 6) is -0.875. The van der Waals surface area contributed by atoms with Gasteiger partial charge in [-0.25, -0.2) is 4.79 Å². The SMILES string of the molecule is COC(=O)[C@H]1C[C@H](CO)CN(C(=O)OC(C)(C)C)C1. The Labute approximate surface area is 113 Å². The summed E-state index contributed by atoms with van der Waals surface area (Å²) >= 11 is 0. The second-order valence-corrected chi connectivity index (χ2v) is 5.89. The molecule has 0 spiro atoms. The summed E-state index contributed by atoms with van der Waals surface area (Å²) in [6.45, 7) is 5.98. The minimum Gasteiger partial charge on any atom is -0.469 e. The molecule has 6 heteroatoms. The molecule has 1 fully saturated rings. The standard InChI is InChI=1S/C13H23NO5/c1-13(2,3)19-12(17)14-6-9(8-15)5-10(7-14)11(16)18-4/h9-10,15H,5-8H2,1-4H3/t9-,10-/m0/s1. The number of hydrogen-bond donors (Lipinski definition) is 1. The number of carbonyl (C=O) groups excluding carboxylic acids is 2. The van der Waals surface area contributed by atoms with Crippen molar-refractivity contribution in [3.8, 4) is 0 Å². The molecule has 110 valence electrons. The fraction of sp³-hybridized carbons (Fsp3) is 0.846. The summed E-state index contributed by atoms with van der Waals surface area (Å²) < 4.78 is 10.00. The number of esters is 1. The van der Waals surface area contributed by atoms with Crippen LogP contribution in [0, 0.1) is 11.8 Å². The van der Waals surface area contributed by atoms with E-state index < -0.39 is 17.6 Å². The van der Waals surface area contributed by atoms with Crippen molar-refractivity contribution in [2.45, 2.75) is 32.8 Å². The van der Waals surface area contributed by atoms with Crippen LogP contribution in [0.4, 0.5) is 4.79 Å². The summed E-state index contributed by atoms with van der Waals surface area (Å²) in [5, 5.41) is 9.26. The molecule has 1 heterocycles. The first-order valence-corrected chi connectivity index (χ1v) is 6.43. The van der Waals surface area contributed by atoms with Crippen molar-refractivity contribution in [2.24, 2.45) is 11.8 Å². The Hall–Kier alpha value is -1.30. The maximum atomic E-state index is 12.0. The van der Waals surface area contributed by atoms with Crippen LogP contribution in [-0.4, -0.2) is 54.5 Å². The third-order valence-corrected chi connectivity index (χ3v) is 2.98. The summed E-state index contributed by atoms with van der Waals surface area (Å²) in [6, 6.07) is 0. The lowest BCUT2D eigenvalue weighted by Crippen LogP contribution is -2.48. The number of likely N-dealkylation sites (tertiary alicyclic amines) is 1. The number of hydrogen-bond acceptors (Lipinski definition) is 5. The predicted octanol–water partition coefficient (Wildman–Crippen LogP) is 1.02. The van der Waals surface area contributed by atoms with Gasteiger partial charge in [-0.1, -0.05) is 0 Å². The number of rotatable bonds is 2. The number of piperidine rings is 1. The quantitative estimate of drug-likeness (QED) is 0.760. The molecule has 6 nitrogen and oxygen atoms in total. The smallest absolute Gasteiger partial charge is 0.410 e. The van der Waals surface area contributed by atoms with Crippen molar-refractivity contribution in [1.82, 2.24) is 4.90 Å². The maximum Gasteiger partial charge on any atom is 0.410 e. The molecule has 0 aromatic carbocycles. The van der Waals surface area contributed by atoms with Crippen LogP contribution in [0.1, 0.15) is 27.2 Å². The largest absolute Gasteiger partial charge is 0.469 e. The first-order valence-electron chi connectivity index (χ1n) is 6.43. The van der Waals surface area contributed by atoms with E-state index in [4.69, 9.17) is 9.47 Å². The number of nitrogens with zero attached hydrogens (tertiary/aromatic N) is 1. The second kappa shape index (κ2) is 6.23. The van der Waals surface area contributed by atoms with Gasteiger partial charge in [-0.2, -0.15) is 0 Å². The molecular formula is C13H23NO5. The molecule has 0 saturated carbocycles. The number of amides is 1. The van der Waals surface area contributed by atoms with Gasteiger partial charge in [0.1, 0.15) is 5.60 Å². The zero-order valence-corrected chi connectivity index (χ0v) is 12.0. The van der Waals surface area contributed by atoms with E-state index in [1.54, 1.807) is 20.8 Å². The fourth-order valence-corrected chi connectivity index (χ4v) is 2.15. The van der Waals surface area contributed by atoms with Crippen molar-refractivity contribution in [3.63, 3.8) is 0 Å². The van der Waals surface area contributed by atoms with Gasteiger partial charge in [-0.15, -0.1) is 0 Å². The monoisotopic (exact) mass is 273 g/mol. The second-order valence-electron chi connectivity index (χ2n) is 5.89. The van der Waals surface area contributed by atoms with Crippen LogP contribution in [-0.2, 0) is 14.3 Å². The topological polar surface area (TPSA) is 76.1 Å². The van der Waals surface area contributed by atoms with Crippen molar-refractivity contribution in [2.75, 3.05) is 26.8 Å². The van der Waals surface area contributed by atoms with Gasteiger partial charge in [-0.3, -0.25) is 4.79 Å². The molecule has 1 saturated heterocycles. The van der Waals surface area contributed by atoms with Gasteiger partial charge in [0.15, 0.2) is 0 Å². The highest BCUT2D eigenvalue weighted by Gasteiger charge is 2.35. The number of aliphatic hydroxyl groups is 1. The van der Waals surface area contributed by atoms with Crippen LogP contribution in [0.15, 0.2) is 0 Å². The Kier molecular flexibility index (Phi) is 5.17. The molecule has 0 aromatic rings. The molecule has 2 atom stereocenters. The number of carbonyl (C=O) groups is 2. The van der Waals surface area contributed by atoms with Crippen LogP contribution in [0.2, 0.25) is 0 Å². The van der Waals surface area contributed by atoms with Crippen molar-refractivity contribution >= 4 is 12.1 Å². The van der Waals surface area contributed by atoms with Crippen LogP contribution in [0.25, 0.3) is 0 Å². The zero-order valence-electron chi connectivity index (χ0n) is 12.0. The summed E-state index contributed by atoms with van der Waals surface area (Å²) in [6.07, 6.45) is 0.0715. The minimum atomic E-state index is -0.579. The normalized spacial score (nSPS) is 23.9. The first kappa shape index (κ1) is 15.8. The van der Waals surface area contributed by atoms with E-state index in [2.05, 4.69) is 0 Å². The van der Waals surface area contributed by atoms with Crippen molar-refractivity contribution in [3.05, 3.63) is 0 Å². The third kappa shape index (κ3) is 4.70. The van der Waals surface area contributed by atoms with E-state index in [1.807, 2.05) is 0 Å². The molecule has 0 bridgehead atoms. The first-order chi connectivity index (χ1) is 8.76. The molecule has 1 aliphatic heterocycles. The molecular weight excluding hydrogens is 250 g/mol. The van der Waals surface area contributed by atoms with Crippen LogP contribution < -0.4 is 0 Å². The van der Waals surface area contributed by atoms with Gasteiger partial charge < -0.3 is 19.5 Å². The average molecular weight is 273 g/mol. The van der Waals surface area contributed by atoms with E-state index in [0.717, 1.165) is 0 Å². The number of aliphatic hydroxyl groups excluding tert-OH is 1. The summed E-state index contributed by atoms with van der Waals surface area (Å²) in [5.41, 5.74) is -0.579. The van der Waals surface area contributed by atoms with E-state index in [9.17, 15) is 14.7 Å². The van der Waals surface area contributed by atoms with E-state index >= 15 is 0 Å². The van der Waals surface area contributed by atoms with Crippen LogP contribution in [0.3, 0.4) is 0 Å². The lowest BCUT2D eigenvalue weighted by atomic mass is 9.90. The maximum absolute atomic E-state index is 12.0. The number of methoxy groups -OCH3 is 1. The summed E-state index contributed by atoms with van der Waals surface area (Å²) in [7, 11) is 1.32. The Morgan fingerprint density at radius 2 is 1.95 bits per heavy atom. The Bertz CT molecular complexity index is 336. The lowest BCUT2D eigenvalue weighted by molar-refractivity contribution is -0.148. The Balaban J connectivity index is 2.71. The summed E-state index contributed by atoms with van der Waals surface area (Å²) in [4.78, 5) is 25.1. The van der Waals surface area contributed by atoms with Gasteiger partial charge >= 0.3 is 12.1 Å². The molecule has 1 aliphatic rings. The molecule has 0 aliphatic carbocycles. The lowest BCUT2D eigenvalue weighted by Gasteiger charge is -2.36. The molecule has 0 radical (unpaired) electrons. The van der Waals surface area contributed by atoms with Gasteiger partial charge in [0.2, 0.25) is 0 Å². The Morgan fingerprint density at radius 1 is 1.32 bits per heavy atom. The van der Waals surface area contributed by atoms with Gasteiger partial charge in [0.25, 0.3) is 0 Å².